The van der Waals surface area contributed by atoms with Crippen molar-refractivity contribution < 1.29 is 14.6 Å². The second-order valence-corrected chi connectivity index (χ2v) is 5.73. The summed E-state index contributed by atoms with van der Waals surface area (Å²) in [6.07, 6.45) is -0.581. The third-order valence-electron chi connectivity index (χ3n) is 2.61. The molecule has 0 fully saturated rings. The monoisotopic (exact) mass is 359 g/mol. The van der Waals surface area contributed by atoms with E-state index in [9.17, 15) is 9.90 Å². The normalized spacial score (nSPS) is 12.1. The van der Waals surface area contributed by atoms with Crippen LogP contribution in [0.5, 0.6) is 5.75 Å². The van der Waals surface area contributed by atoms with Gasteiger partial charge in [0.2, 0.25) is 0 Å². The third-order valence-corrected chi connectivity index (χ3v) is 3.23. The first-order valence-electron chi connectivity index (χ1n) is 6.75. The zero-order valence-corrected chi connectivity index (χ0v) is 14.0. The fraction of sp³-hybridized carbons (Fsp3) is 0.500. The number of rotatable bonds is 7. The Kier molecular flexibility index (Phi) is 7.49. The number of aliphatic hydroxyl groups excluding tert-OH is 1. The summed E-state index contributed by atoms with van der Waals surface area (Å²) in [5.74, 6) is 0.612. The Hall–Kier alpha value is -1.31. The maximum atomic E-state index is 11.2. The molecule has 1 aromatic carbocycles. The molecular formula is C14H22BrN3O3. The van der Waals surface area contributed by atoms with Gasteiger partial charge in [0.15, 0.2) is 0 Å². The molecule has 0 bridgehead atoms. The van der Waals surface area contributed by atoms with E-state index in [0.717, 1.165) is 0 Å². The molecule has 21 heavy (non-hydrogen) atoms. The molecule has 2 amide bonds. The lowest BCUT2D eigenvalue weighted by atomic mass is 10.3. The number of benzene rings is 1. The molecule has 0 heterocycles. The average molecular weight is 360 g/mol. The van der Waals surface area contributed by atoms with Crippen LogP contribution in [0.2, 0.25) is 0 Å². The number of amides is 2. The van der Waals surface area contributed by atoms with Gasteiger partial charge in [-0.25, -0.2) is 4.79 Å². The quantitative estimate of drug-likeness (QED) is 0.599. The van der Waals surface area contributed by atoms with Gasteiger partial charge in [-0.3, -0.25) is 0 Å². The van der Waals surface area contributed by atoms with Crippen molar-refractivity contribution in [3.63, 3.8) is 0 Å². The van der Waals surface area contributed by atoms with Gasteiger partial charge in [-0.1, -0.05) is 13.8 Å². The predicted molar refractivity (Wildman–Crippen MR) is 86.9 cm³/mol. The van der Waals surface area contributed by atoms with Crippen LogP contribution in [-0.2, 0) is 0 Å². The number of halogens is 1. The summed E-state index contributed by atoms with van der Waals surface area (Å²) < 4.78 is 6.26. The minimum atomic E-state index is -0.581. The Morgan fingerprint density at radius 1 is 1.43 bits per heavy atom. The van der Waals surface area contributed by atoms with Gasteiger partial charge in [0.1, 0.15) is 18.5 Å². The number of carbonyl (C=O) groups excluding carboxylic acids is 1. The highest BCUT2D eigenvalue weighted by atomic mass is 79.9. The van der Waals surface area contributed by atoms with Crippen molar-refractivity contribution in [2.24, 2.45) is 0 Å². The van der Waals surface area contributed by atoms with Crippen molar-refractivity contribution in [2.75, 3.05) is 25.5 Å². The molecule has 0 radical (unpaired) electrons. The van der Waals surface area contributed by atoms with Gasteiger partial charge < -0.3 is 25.8 Å². The summed E-state index contributed by atoms with van der Waals surface area (Å²) in [5.41, 5.74) is 0.649. The van der Waals surface area contributed by atoms with Crippen LogP contribution < -0.4 is 20.7 Å². The molecule has 0 unspecified atom stereocenters. The molecule has 7 heteroatoms. The van der Waals surface area contributed by atoms with Crippen molar-refractivity contribution in [2.45, 2.75) is 26.0 Å². The molecule has 0 spiro atoms. The molecule has 1 aromatic rings. The lowest BCUT2D eigenvalue weighted by Crippen LogP contribution is -2.35. The molecule has 1 atom stereocenters. The van der Waals surface area contributed by atoms with Crippen molar-refractivity contribution in [1.29, 1.82) is 0 Å². The second-order valence-electron chi connectivity index (χ2n) is 4.88. The van der Waals surface area contributed by atoms with Gasteiger partial charge in [0.05, 0.1) is 4.47 Å². The number of hydrogen-bond acceptors (Lipinski definition) is 4. The van der Waals surface area contributed by atoms with E-state index >= 15 is 0 Å². The van der Waals surface area contributed by atoms with E-state index in [1.807, 2.05) is 13.8 Å². The molecule has 4 N–H and O–H groups in total. The summed E-state index contributed by atoms with van der Waals surface area (Å²) in [4.78, 5) is 11.2. The van der Waals surface area contributed by atoms with E-state index in [2.05, 4.69) is 31.9 Å². The molecule has 0 aliphatic rings. The summed E-state index contributed by atoms with van der Waals surface area (Å²) in [7, 11) is 1.55. The molecular weight excluding hydrogens is 338 g/mol. The standard InChI is InChI=1S/C14H22BrN3O3/c1-9(2)17-7-11(19)8-21-13-5-4-10(6-12(13)15)18-14(20)16-3/h4-6,9,11,17,19H,7-8H2,1-3H3,(H2,16,18,20)/t11-/m0/s1. The predicted octanol–water partition coefficient (Wildman–Crippen LogP) is 1.94. The maximum Gasteiger partial charge on any atom is 0.318 e. The van der Waals surface area contributed by atoms with Crippen LogP contribution in [0.4, 0.5) is 10.5 Å². The Bertz CT molecular complexity index is 469. The Balaban J connectivity index is 2.50. The zero-order valence-electron chi connectivity index (χ0n) is 12.4. The van der Waals surface area contributed by atoms with Crippen molar-refractivity contribution >= 4 is 27.6 Å². The summed E-state index contributed by atoms with van der Waals surface area (Å²) >= 11 is 3.38. The molecule has 1 rings (SSSR count). The molecule has 6 nitrogen and oxygen atoms in total. The lowest BCUT2D eigenvalue weighted by molar-refractivity contribution is 0.104. The number of carbonyl (C=O) groups is 1. The van der Waals surface area contributed by atoms with E-state index in [1.165, 1.54) is 0 Å². The zero-order chi connectivity index (χ0) is 15.8. The molecule has 0 aliphatic heterocycles. The number of nitrogens with one attached hydrogen (secondary N) is 3. The largest absolute Gasteiger partial charge is 0.490 e. The summed E-state index contributed by atoms with van der Waals surface area (Å²) in [6, 6.07) is 5.24. The van der Waals surface area contributed by atoms with Gasteiger partial charge in [0, 0.05) is 25.3 Å². The smallest absolute Gasteiger partial charge is 0.318 e. The van der Waals surface area contributed by atoms with Crippen LogP contribution in [-0.4, -0.2) is 43.5 Å². The SMILES string of the molecule is CNC(=O)Nc1ccc(OC[C@@H](O)CNC(C)C)c(Br)c1. The average Bonchev–Trinajstić information content (AvgIpc) is 2.44. The van der Waals surface area contributed by atoms with Gasteiger partial charge in [-0.2, -0.15) is 0 Å². The molecule has 0 saturated carbocycles. The fourth-order valence-corrected chi connectivity index (χ4v) is 2.00. The third kappa shape index (κ3) is 6.79. The lowest BCUT2D eigenvalue weighted by Gasteiger charge is -2.16. The Morgan fingerprint density at radius 2 is 2.14 bits per heavy atom. The minimum Gasteiger partial charge on any atom is -0.490 e. The van der Waals surface area contributed by atoms with Crippen LogP contribution in [0, 0.1) is 0 Å². The van der Waals surface area contributed by atoms with Crippen LogP contribution in [0.1, 0.15) is 13.8 Å². The van der Waals surface area contributed by atoms with E-state index in [4.69, 9.17) is 4.74 Å². The van der Waals surface area contributed by atoms with E-state index in [1.54, 1.807) is 25.2 Å². The number of anilines is 1. The van der Waals surface area contributed by atoms with Gasteiger partial charge in [0.25, 0.3) is 0 Å². The van der Waals surface area contributed by atoms with Crippen LogP contribution in [0.3, 0.4) is 0 Å². The van der Waals surface area contributed by atoms with Crippen molar-refractivity contribution in [3.05, 3.63) is 22.7 Å². The van der Waals surface area contributed by atoms with Crippen LogP contribution in [0.25, 0.3) is 0 Å². The van der Waals surface area contributed by atoms with Gasteiger partial charge in [-0.05, 0) is 34.1 Å². The highest BCUT2D eigenvalue weighted by Gasteiger charge is 2.09. The second kappa shape index (κ2) is 8.86. The number of aliphatic hydroxyl groups is 1. The Morgan fingerprint density at radius 3 is 2.71 bits per heavy atom. The van der Waals surface area contributed by atoms with Crippen LogP contribution in [0.15, 0.2) is 22.7 Å². The maximum absolute atomic E-state index is 11.2. The number of hydrogen-bond donors (Lipinski definition) is 4. The summed E-state index contributed by atoms with van der Waals surface area (Å²) in [5, 5.41) is 18.1. The van der Waals surface area contributed by atoms with Gasteiger partial charge >= 0.3 is 6.03 Å². The molecule has 0 aliphatic carbocycles. The van der Waals surface area contributed by atoms with Gasteiger partial charge in [-0.15, -0.1) is 0 Å². The van der Waals surface area contributed by atoms with Crippen LogP contribution >= 0.6 is 15.9 Å². The van der Waals surface area contributed by atoms with E-state index < -0.39 is 6.10 Å². The number of urea groups is 1. The molecule has 0 aromatic heterocycles. The van der Waals surface area contributed by atoms with Crippen molar-refractivity contribution in [1.82, 2.24) is 10.6 Å². The topological polar surface area (TPSA) is 82.6 Å². The van der Waals surface area contributed by atoms with E-state index in [0.29, 0.717) is 28.5 Å². The summed E-state index contributed by atoms with van der Waals surface area (Å²) in [6.45, 7) is 4.71. The minimum absolute atomic E-state index is 0.195. The highest BCUT2D eigenvalue weighted by Crippen LogP contribution is 2.28. The highest BCUT2D eigenvalue weighted by molar-refractivity contribution is 9.10. The van der Waals surface area contributed by atoms with E-state index in [-0.39, 0.29) is 12.6 Å². The van der Waals surface area contributed by atoms with Crippen molar-refractivity contribution in [3.8, 4) is 5.75 Å². The molecule has 0 saturated heterocycles. The fourth-order valence-electron chi connectivity index (χ4n) is 1.51. The number of ether oxygens (including phenoxy) is 1. The molecule has 118 valence electrons. The first kappa shape index (κ1) is 17.7. The first-order valence-corrected chi connectivity index (χ1v) is 7.54. The first-order chi connectivity index (χ1) is 9.92. The Labute approximate surface area is 133 Å².